The fraction of sp³-hybridized carbons (Fsp3) is 0.435. The number of rotatable bonds is 10. The highest BCUT2D eigenvalue weighted by Crippen LogP contribution is 2.28. The van der Waals surface area contributed by atoms with Gasteiger partial charge in [-0.05, 0) is 50.0 Å². The van der Waals surface area contributed by atoms with E-state index in [2.05, 4.69) is 42.3 Å². The summed E-state index contributed by atoms with van der Waals surface area (Å²) in [6.45, 7) is 4.96. The number of carbonyl (C=O) groups is 1. The van der Waals surface area contributed by atoms with Gasteiger partial charge in [0.15, 0.2) is 6.61 Å². The van der Waals surface area contributed by atoms with Gasteiger partial charge < -0.3 is 15.0 Å². The summed E-state index contributed by atoms with van der Waals surface area (Å²) in [5.41, 5.74) is 2.42. The van der Waals surface area contributed by atoms with Crippen LogP contribution in [0.1, 0.15) is 37.3 Å². The highest BCUT2D eigenvalue weighted by atomic mass is 16.5. The SMILES string of the molecule is CCC(C)c1ccccc1OCC(=O)NCC(Cc1ccccc1)N(C)C. The van der Waals surface area contributed by atoms with Gasteiger partial charge in [-0.3, -0.25) is 4.79 Å². The first-order valence-corrected chi connectivity index (χ1v) is 9.70. The summed E-state index contributed by atoms with van der Waals surface area (Å²) < 4.78 is 5.81. The van der Waals surface area contributed by atoms with E-state index in [4.69, 9.17) is 4.74 Å². The minimum atomic E-state index is -0.0890. The van der Waals surface area contributed by atoms with Crippen LogP contribution in [0.5, 0.6) is 5.75 Å². The molecule has 1 amide bonds. The van der Waals surface area contributed by atoms with Crippen molar-refractivity contribution in [1.82, 2.24) is 10.2 Å². The lowest BCUT2D eigenvalue weighted by molar-refractivity contribution is -0.123. The van der Waals surface area contributed by atoms with Crippen molar-refractivity contribution in [3.63, 3.8) is 0 Å². The maximum absolute atomic E-state index is 12.3. The van der Waals surface area contributed by atoms with Crippen molar-refractivity contribution in [2.24, 2.45) is 0 Å². The van der Waals surface area contributed by atoms with Gasteiger partial charge in [0.05, 0.1) is 0 Å². The number of nitrogens with one attached hydrogen (secondary N) is 1. The smallest absolute Gasteiger partial charge is 0.257 e. The van der Waals surface area contributed by atoms with Gasteiger partial charge in [-0.25, -0.2) is 0 Å². The van der Waals surface area contributed by atoms with Gasteiger partial charge in [0, 0.05) is 12.6 Å². The van der Waals surface area contributed by atoms with Gasteiger partial charge in [0.25, 0.3) is 5.91 Å². The van der Waals surface area contributed by atoms with Crippen molar-refractivity contribution in [2.45, 2.75) is 38.6 Å². The molecular weight excluding hydrogens is 336 g/mol. The maximum atomic E-state index is 12.3. The van der Waals surface area contributed by atoms with E-state index in [1.54, 1.807) is 0 Å². The van der Waals surface area contributed by atoms with E-state index in [1.807, 2.05) is 50.5 Å². The molecule has 0 aliphatic rings. The molecule has 0 bridgehead atoms. The second-order valence-electron chi connectivity index (χ2n) is 7.25. The lowest BCUT2D eigenvalue weighted by Crippen LogP contribution is -2.43. The Bertz CT molecular complexity index is 701. The van der Waals surface area contributed by atoms with Crippen LogP contribution in [-0.4, -0.2) is 44.1 Å². The molecule has 4 heteroatoms. The van der Waals surface area contributed by atoms with Crippen LogP contribution in [0.3, 0.4) is 0 Å². The van der Waals surface area contributed by atoms with E-state index in [1.165, 1.54) is 5.56 Å². The zero-order valence-electron chi connectivity index (χ0n) is 16.9. The fourth-order valence-electron chi connectivity index (χ4n) is 2.99. The van der Waals surface area contributed by atoms with Crippen molar-refractivity contribution in [3.8, 4) is 5.75 Å². The summed E-state index contributed by atoms with van der Waals surface area (Å²) in [5.74, 6) is 1.12. The molecular formula is C23H32N2O2. The molecule has 2 aromatic rings. The highest BCUT2D eigenvalue weighted by Gasteiger charge is 2.15. The summed E-state index contributed by atoms with van der Waals surface area (Å²) >= 11 is 0. The number of nitrogens with zero attached hydrogens (tertiary/aromatic N) is 1. The van der Waals surface area contributed by atoms with E-state index in [0.717, 1.165) is 24.2 Å². The number of benzene rings is 2. The second-order valence-corrected chi connectivity index (χ2v) is 7.25. The standard InChI is InChI=1S/C23H32N2O2/c1-5-18(2)21-13-9-10-14-22(21)27-17-23(26)24-16-20(25(3)4)15-19-11-7-6-8-12-19/h6-14,18,20H,5,15-17H2,1-4H3,(H,24,26). The van der Waals surface area contributed by atoms with Crippen molar-refractivity contribution in [2.75, 3.05) is 27.2 Å². The highest BCUT2D eigenvalue weighted by molar-refractivity contribution is 5.77. The normalized spacial score (nSPS) is 13.2. The average molecular weight is 369 g/mol. The van der Waals surface area contributed by atoms with Crippen molar-refractivity contribution >= 4 is 5.91 Å². The molecule has 4 nitrogen and oxygen atoms in total. The molecule has 1 N–H and O–H groups in total. The maximum Gasteiger partial charge on any atom is 0.257 e. The third-order valence-electron chi connectivity index (χ3n) is 5.00. The van der Waals surface area contributed by atoms with Gasteiger partial charge in [-0.1, -0.05) is 62.4 Å². The van der Waals surface area contributed by atoms with Crippen LogP contribution in [0, 0.1) is 0 Å². The van der Waals surface area contributed by atoms with Crippen molar-refractivity contribution < 1.29 is 9.53 Å². The summed E-state index contributed by atoms with van der Waals surface area (Å²) in [5, 5.41) is 3.01. The van der Waals surface area contributed by atoms with Crippen molar-refractivity contribution in [1.29, 1.82) is 0 Å². The topological polar surface area (TPSA) is 41.6 Å². The van der Waals surface area contributed by atoms with Crippen LogP contribution in [0.4, 0.5) is 0 Å². The van der Waals surface area contributed by atoms with Gasteiger partial charge in [0.1, 0.15) is 5.75 Å². The monoisotopic (exact) mass is 368 g/mol. The number of para-hydroxylation sites is 1. The zero-order chi connectivity index (χ0) is 19.6. The van der Waals surface area contributed by atoms with E-state index in [9.17, 15) is 4.79 Å². The Kier molecular flexibility index (Phi) is 8.34. The van der Waals surface area contributed by atoms with Crippen LogP contribution >= 0.6 is 0 Å². The number of carbonyl (C=O) groups excluding carboxylic acids is 1. The Hall–Kier alpha value is -2.33. The first-order valence-electron chi connectivity index (χ1n) is 9.70. The summed E-state index contributed by atoms with van der Waals surface area (Å²) in [6, 6.07) is 18.6. The molecule has 0 saturated carbocycles. The Morgan fingerprint density at radius 3 is 2.41 bits per heavy atom. The molecule has 2 atom stereocenters. The number of amides is 1. The Morgan fingerprint density at radius 2 is 1.74 bits per heavy atom. The predicted molar refractivity (Wildman–Crippen MR) is 111 cm³/mol. The van der Waals surface area contributed by atoms with E-state index < -0.39 is 0 Å². The van der Waals surface area contributed by atoms with Crippen LogP contribution < -0.4 is 10.1 Å². The average Bonchev–Trinajstić information content (AvgIpc) is 2.69. The molecule has 0 radical (unpaired) electrons. The van der Waals surface area contributed by atoms with Crippen LogP contribution in [0.15, 0.2) is 54.6 Å². The largest absolute Gasteiger partial charge is 0.483 e. The quantitative estimate of drug-likeness (QED) is 0.692. The zero-order valence-corrected chi connectivity index (χ0v) is 16.9. The Balaban J connectivity index is 1.86. The minimum absolute atomic E-state index is 0.0406. The number of likely N-dealkylation sites (N-methyl/N-ethyl adjacent to an activating group) is 1. The molecule has 27 heavy (non-hydrogen) atoms. The third kappa shape index (κ3) is 6.72. The number of hydrogen-bond donors (Lipinski definition) is 1. The fourth-order valence-corrected chi connectivity index (χ4v) is 2.99. The Morgan fingerprint density at radius 1 is 1.07 bits per heavy atom. The van der Waals surface area contributed by atoms with Gasteiger partial charge >= 0.3 is 0 Å². The molecule has 0 fully saturated rings. The molecule has 2 aromatic carbocycles. The molecule has 0 aliphatic heterocycles. The predicted octanol–water partition coefficient (Wildman–Crippen LogP) is 3.87. The summed E-state index contributed by atoms with van der Waals surface area (Å²) in [4.78, 5) is 14.4. The lowest BCUT2D eigenvalue weighted by Gasteiger charge is -2.25. The van der Waals surface area contributed by atoms with Crippen LogP contribution in [0.2, 0.25) is 0 Å². The number of ether oxygens (including phenoxy) is 1. The molecule has 2 unspecified atom stereocenters. The molecule has 0 aromatic heterocycles. The minimum Gasteiger partial charge on any atom is -0.483 e. The van der Waals surface area contributed by atoms with E-state index >= 15 is 0 Å². The van der Waals surface area contributed by atoms with Gasteiger partial charge in [-0.2, -0.15) is 0 Å². The second kappa shape index (κ2) is 10.7. The molecule has 0 spiro atoms. The first-order chi connectivity index (χ1) is 13.0. The molecule has 146 valence electrons. The van der Waals surface area contributed by atoms with Crippen molar-refractivity contribution in [3.05, 3.63) is 65.7 Å². The molecule has 0 heterocycles. The number of hydrogen-bond acceptors (Lipinski definition) is 3. The lowest BCUT2D eigenvalue weighted by atomic mass is 9.98. The molecule has 0 saturated heterocycles. The van der Waals surface area contributed by atoms with Gasteiger partial charge in [-0.15, -0.1) is 0 Å². The molecule has 2 rings (SSSR count). The first kappa shape index (κ1) is 21.0. The summed E-state index contributed by atoms with van der Waals surface area (Å²) in [7, 11) is 4.08. The third-order valence-corrected chi connectivity index (χ3v) is 5.00. The molecule has 0 aliphatic carbocycles. The van der Waals surface area contributed by atoms with Crippen LogP contribution in [0.25, 0.3) is 0 Å². The summed E-state index contributed by atoms with van der Waals surface area (Å²) in [6.07, 6.45) is 1.93. The van der Waals surface area contributed by atoms with E-state index in [0.29, 0.717) is 12.5 Å². The van der Waals surface area contributed by atoms with E-state index in [-0.39, 0.29) is 18.6 Å². The van der Waals surface area contributed by atoms with Crippen LogP contribution in [-0.2, 0) is 11.2 Å². The Labute approximate surface area is 163 Å². The van der Waals surface area contributed by atoms with Gasteiger partial charge in [0.2, 0.25) is 0 Å².